The summed E-state index contributed by atoms with van der Waals surface area (Å²) < 4.78 is 52.5. The van der Waals surface area contributed by atoms with Crippen LogP contribution >= 0.6 is 0 Å². The van der Waals surface area contributed by atoms with Crippen LogP contribution in [0.5, 0.6) is 0 Å². The summed E-state index contributed by atoms with van der Waals surface area (Å²) in [6.45, 7) is 2.33. The van der Waals surface area contributed by atoms with Crippen molar-refractivity contribution in [1.82, 2.24) is 9.29 Å². The third-order valence-corrected chi connectivity index (χ3v) is 5.42. The van der Waals surface area contributed by atoms with Crippen molar-refractivity contribution in [2.24, 2.45) is 0 Å². The molecule has 1 aliphatic rings. The molecular formula is C13H16F2N2O3S. The molecule has 0 unspecified atom stereocenters. The van der Waals surface area contributed by atoms with Crippen LogP contribution in [0.3, 0.4) is 0 Å². The van der Waals surface area contributed by atoms with Crippen LogP contribution in [0.2, 0.25) is 0 Å². The Morgan fingerprint density at radius 1 is 1.24 bits per heavy atom. The van der Waals surface area contributed by atoms with Gasteiger partial charge in [0.25, 0.3) is 5.92 Å². The zero-order chi connectivity index (χ0) is 15.8. The van der Waals surface area contributed by atoms with Gasteiger partial charge in [0.15, 0.2) is 0 Å². The molecule has 0 aromatic carbocycles. The maximum absolute atomic E-state index is 13.2. The van der Waals surface area contributed by atoms with E-state index >= 15 is 0 Å². The number of sulfonamides is 1. The van der Waals surface area contributed by atoms with E-state index in [2.05, 4.69) is 4.98 Å². The molecule has 1 fully saturated rings. The van der Waals surface area contributed by atoms with Gasteiger partial charge in [0.05, 0.1) is 5.69 Å². The van der Waals surface area contributed by atoms with Gasteiger partial charge in [-0.2, -0.15) is 13.1 Å². The topological polar surface area (TPSA) is 67.3 Å². The van der Waals surface area contributed by atoms with Crippen molar-refractivity contribution in [3.05, 3.63) is 23.5 Å². The maximum atomic E-state index is 13.2. The van der Waals surface area contributed by atoms with E-state index in [1.165, 1.54) is 11.2 Å². The molecule has 1 aromatic rings. The second kappa shape index (κ2) is 5.42. The molecule has 0 N–H and O–H groups in total. The number of piperidine rings is 1. The Balaban J connectivity index is 2.35. The highest BCUT2D eigenvalue weighted by Gasteiger charge is 2.32. The number of hydrogen-bond acceptors (Lipinski definition) is 4. The van der Waals surface area contributed by atoms with Crippen molar-refractivity contribution in [3.63, 3.8) is 0 Å². The van der Waals surface area contributed by atoms with Crippen LogP contribution in [0, 0.1) is 6.92 Å². The molecule has 1 aliphatic heterocycles. The Morgan fingerprint density at radius 3 is 2.29 bits per heavy atom. The lowest BCUT2D eigenvalue weighted by Crippen LogP contribution is -2.39. The average molecular weight is 318 g/mol. The minimum Gasteiger partial charge on any atom is -0.300 e. The van der Waals surface area contributed by atoms with Gasteiger partial charge in [-0.05, 0) is 19.1 Å². The number of halogens is 2. The van der Waals surface area contributed by atoms with Crippen LogP contribution in [-0.4, -0.2) is 36.6 Å². The fourth-order valence-electron chi connectivity index (χ4n) is 2.18. The van der Waals surface area contributed by atoms with E-state index in [9.17, 15) is 22.0 Å². The normalized spacial score (nSPS) is 18.0. The number of ketones is 1. The number of aromatic nitrogens is 1. The molecule has 0 aliphatic carbocycles. The Morgan fingerprint density at radius 2 is 1.81 bits per heavy atom. The molecule has 2 heterocycles. The molecule has 116 valence electrons. The summed E-state index contributed by atoms with van der Waals surface area (Å²) in [7, 11) is -3.80. The number of pyridine rings is 1. The number of aryl methyl sites for hydroxylation is 1. The van der Waals surface area contributed by atoms with Crippen LogP contribution in [0.1, 0.15) is 31.2 Å². The van der Waals surface area contributed by atoms with Gasteiger partial charge in [-0.15, -0.1) is 0 Å². The third kappa shape index (κ3) is 3.26. The van der Waals surface area contributed by atoms with E-state index in [0.29, 0.717) is 6.92 Å². The lowest BCUT2D eigenvalue weighted by Gasteiger charge is -2.26. The predicted octanol–water partition coefficient (Wildman–Crippen LogP) is 1.86. The van der Waals surface area contributed by atoms with Crippen molar-refractivity contribution in [2.75, 3.05) is 13.1 Å². The highest BCUT2D eigenvalue weighted by Crippen LogP contribution is 2.28. The standard InChI is InChI=1S/C13H16F2N2O3S/c1-9-11(3-4-12(16-9)13(2,14)15)21(19,20)17-7-5-10(18)6-8-17/h3-4H,5-8H2,1-2H3. The zero-order valence-corrected chi connectivity index (χ0v) is 12.6. The summed E-state index contributed by atoms with van der Waals surface area (Å²) in [5, 5.41) is 0. The van der Waals surface area contributed by atoms with Gasteiger partial charge in [0, 0.05) is 32.9 Å². The largest absolute Gasteiger partial charge is 0.300 e. The summed E-state index contributed by atoms with van der Waals surface area (Å²) in [6, 6.07) is 2.18. The molecule has 0 radical (unpaired) electrons. The van der Waals surface area contributed by atoms with Crippen molar-refractivity contribution in [3.8, 4) is 0 Å². The number of rotatable bonds is 3. The van der Waals surface area contributed by atoms with Gasteiger partial charge in [0.2, 0.25) is 10.0 Å². The Bertz CT molecular complexity index is 658. The van der Waals surface area contributed by atoms with Gasteiger partial charge in [0.1, 0.15) is 16.4 Å². The summed E-state index contributed by atoms with van der Waals surface area (Å²) >= 11 is 0. The molecular weight excluding hydrogens is 302 g/mol. The average Bonchev–Trinajstić information content (AvgIpc) is 2.37. The summed E-state index contributed by atoms with van der Waals surface area (Å²) in [5.74, 6) is -3.10. The van der Waals surface area contributed by atoms with Gasteiger partial charge in [-0.1, -0.05) is 0 Å². The number of alkyl halides is 2. The van der Waals surface area contributed by atoms with Gasteiger partial charge in [-0.3, -0.25) is 9.78 Å². The fraction of sp³-hybridized carbons (Fsp3) is 0.538. The molecule has 2 rings (SSSR count). The van der Waals surface area contributed by atoms with E-state index < -0.39 is 21.6 Å². The van der Waals surface area contributed by atoms with Gasteiger partial charge >= 0.3 is 0 Å². The lowest BCUT2D eigenvalue weighted by molar-refractivity contribution is -0.120. The van der Waals surface area contributed by atoms with E-state index in [-0.39, 0.29) is 42.3 Å². The molecule has 21 heavy (non-hydrogen) atoms. The van der Waals surface area contributed by atoms with E-state index in [4.69, 9.17) is 0 Å². The van der Waals surface area contributed by atoms with Crippen molar-refractivity contribution < 1.29 is 22.0 Å². The second-order valence-corrected chi connectivity index (χ2v) is 7.02. The second-order valence-electron chi connectivity index (χ2n) is 5.11. The monoisotopic (exact) mass is 318 g/mol. The minimum absolute atomic E-state index is 0.0253. The summed E-state index contributed by atoms with van der Waals surface area (Å²) in [6.07, 6.45) is 0.355. The highest BCUT2D eigenvalue weighted by atomic mass is 32.2. The molecule has 5 nitrogen and oxygen atoms in total. The zero-order valence-electron chi connectivity index (χ0n) is 11.8. The lowest BCUT2D eigenvalue weighted by atomic mass is 10.1. The van der Waals surface area contributed by atoms with Crippen molar-refractivity contribution in [1.29, 1.82) is 0 Å². The smallest absolute Gasteiger partial charge is 0.286 e. The van der Waals surface area contributed by atoms with Gasteiger partial charge in [-0.25, -0.2) is 8.42 Å². The third-order valence-electron chi connectivity index (χ3n) is 3.39. The molecule has 0 spiro atoms. The van der Waals surface area contributed by atoms with Crippen LogP contribution < -0.4 is 0 Å². The molecule has 1 saturated heterocycles. The molecule has 8 heteroatoms. The fourth-order valence-corrected chi connectivity index (χ4v) is 3.78. The van der Waals surface area contributed by atoms with Crippen LogP contribution in [0.25, 0.3) is 0 Å². The first-order valence-corrected chi connectivity index (χ1v) is 7.94. The molecule has 0 amide bonds. The van der Waals surface area contributed by atoms with E-state index in [1.54, 1.807) is 0 Å². The summed E-state index contributed by atoms with van der Waals surface area (Å²) in [4.78, 5) is 14.8. The van der Waals surface area contributed by atoms with Crippen molar-refractivity contribution >= 4 is 15.8 Å². The first kappa shape index (κ1) is 16.0. The Kier molecular flexibility index (Phi) is 4.12. The number of nitrogens with zero attached hydrogens (tertiary/aromatic N) is 2. The maximum Gasteiger partial charge on any atom is 0.286 e. The Labute approximate surface area is 122 Å². The molecule has 0 bridgehead atoms. The van der Waals surface area contributed by atoms with Gasteiger partial charge < -0.3 is 0 Å². The number of carbonyl (C=O) groups excluding carboxylic acids is 1. The number of hydrogen-bond donors (Lipinski definition) is 0. The molecule has 1 aromatic heterocycles. The predicted molar refractivity (Wildman–Crippen MR) is 71.5 cm³/mol. The van der Waals surface area contributed by atoms with E-state index in [1.807, 2.05) is 0 Å². The van der Waals surface area contributed by atoms with Crippen LogP contribution in [0.15, 0.2) is 17.0 Å². The van der Waals surface area contributed by atoms with E-state index in [0.717, 1.165) is 12.1 Å². The van der Waals surface area contributed by atoms with Crippen LogP contribution in [0.4, 0.5) is 8.78 Å². The van der Waals surface area contributed by atoms with Crippen LogP contribution in [-0.2, 0) is 20.7 Å². The minimum atomic E-state index is -3.80. The first-order valence-electron chi connectivity index (χ1n) is 6.50. The summed E-state index contributed by atoms with van der Waals surface area (Å²) in [5.41, 5.74) is -0.432. The van der Waals surface area contributed by atoms with Crippen molar-refractivity contribution in [2.45, 2.75) is 37.5 Å². The quantitative estimate of drug-likeness (QED) is 0.853. The highest BCUT2D eigenvalue weighted by molar-refractivity contribution is 7.89. The number of Topliss-reactive ketones (excluding diaryl/α,β-unsaturated/α-hetero) is 1. The molecule has 0 atom stereocenters. The molecule has 0 saturated carbocycles. The SMILES string of the molecule is Cc1nc(C(C)(F)F)ccc1S(=O)(=O)N1CCC(=O)CC1. The first-order chi connectivity index (χ1) is 9.62. The number of carbonyl (C=O) groups is 1. The Hall–Kier alpha value is -1.41.